The van der Waals surface area contributed by atoms with E-state index in [-0.39, 0.29) is 11.4 Å². The number of benzene rings is 1. The minimum atomic E-state index is -5.14. The Labute approximate surface area is 122 Å². The maximum Gasteiger partial charge on any atom is 0.471 e. The molecule has 0 saturated carbocycles. The van der Waals surface area contributed by atoms with Gasteiger partial charge in [-0.2, -0.15) is 13.2 Å². The van der Waals surface area contributed by atoms with E-state index in [0.717, 1.165) is 12.1 Å². The average Bonchev–Trinajstić information content (AvgIpc) is 2.96. The Kier molecular flexibility index (Phi) is 4.20. The van der Waals surface area contributed by atoms with Crippen LogP contribution in [0.2, 0.25) is 0 Å². The average molecular weight is 313 g/mol. The maximum atomic E-state index is 12.8. The van der Waals surface area contributed by atoms with Crippen LogP contribution < -0.4 is 4.90 Å². The van der Waals surface area contributed by atoms with E-state index in [9.17, 15) is 22.8 Å². The van der Waals surface area contributed by atoms with Crippen LogP contribution in [0.15, 0.2) is 47.1 Å². The number of anilines is 1. The van der Waals surface area contributed by atoms with Gasteiger partial charge in [0.2, 0.25) is 0 Å². The van der Waals surface area contributed by atoms with E-state index >= 15 is 0 Å². The Balaban J connectivity index is 2.49. The highest BCUT2D eigenvalue weighted by molar-refractivity contribution is 6.03. The van der Waals surface area contributed by atoms with Crippen molar-refractivity contribution in [2.75, 3.05) is 4.90 Å². The Morgan fingerprint density at radius 2 is 1.82 bits per heavy atom. The molecule has 2 rings (SSSR count). The number of carbonyl (C=O) groups is 2. The van der Waals surface area contributed by atoms with E-state index in [1.54, 1.807) is 0 Å². The van der Waals surface area contributed by atoms with Gasteiger partial charge in [0.15, 0.2) is 0 Å². The first-order valence-electron chi connectivity index (χ1n) is 6.04. The van der Waals surface area contributed by atoms with Crippen molar-refractivity contribution in [1.82, 2.24) is 0 Å². The van der Waals surface area contributed by atoms with Crippen molar-refractivity contribution in [2.45, 2.75) is 12.7 Å². The van der Waals surface area contributed by atoms with Gasteiger partial charge in [-0.1, -0.05) is 12.1 Å². The molecule has 0 radical (unpaired) electrons. The number of nitrogens with zero attached hydrogens (tertiary/aromatic N) is 1. The van der Waals surface area contributed by atoms with E-state index < -0.39 is 30.2 Å². The standard InChI is InChI=1S/C14H10F3NO4/c15-14(16,17)13(21)18(8-9-4-3-7-22-9)11-6-2-1-5-10(11)12(19)20/h1-7H,8H2,(H,19,20). The molecule has 0 fully saturated rings. The molecule has 1 aromatic heterocycles. The lowest BCUT2D eigenvalue weighted by Gasteiger charge is -2.24. The third-order valence-corrected chi connectivity index (χ3v) is 2.81. The molecule has 2 aromatic rings. The lowest BCUT2D eigenvalue weighted by Crippen LogP contribution is -2.41. The minimum Gasteiger partial charge on any atom is -0.478 e. The first-order valence-corrected chi connectivity index (χ1v) is 6.04. The molecule has 0 aliphatic carbocycles. The maximum absolute atomic E-state index is 12.8. The zero-order valence-corrected chi connectivity index (χ0v) is 11.0. The number of alkyl halides is 3. The molecule has 0 unspecified atom stereocenters. The second-order valence-corrected chi connectivity index (χ2v) is 4.29. The fraction of sp³-hybridized carbons (Fsp3) is 0.143. The number of rotatable bonds is 4. The van der Waals surface area contributed by atoms with Gasteiger partial charge in [0.1, 0.15) is 5.76 Å². The number of furan rings is 1. The number of hydrogen-bond donors (Lipinski definition) is 1. The molecule has 1 N–H and O–H groups in total. The SMILES string of the molecule is O=C(O)c1ccccc1N(Cc1ccco1)C(=O)C(F)(F)F. The number of halogens is 3. The summed E-state index contributed by atoms with van der Waals surface area (Å²) in [7, 11) is 0. The molecular weight excluding hydrogens is 303 g/mol. The summed E-state index contributed by atoms with van der Waals surface area (Å²) in [4.78, 5) is 23.1. The van der Waals surface area contributed by atoms with Gasteiger partial charge in [-0.15, -0.1) is 0 Å². The summed E-state index contributed by atoms with van der Waals surface area (Å²) < 4.78 is 43.3. The molecule has 0 saturated heterocycles. The predicted octanol–water partition coefficient (Wildman–Crippen LogP) is 3.07. The van der Waals surface area contributed by atoms with Crippen LogP contribution >= 0.6 is 0 Å². The molecule has 0 aliphatic rings. The van der Waals surface area contributed by atoms with Crippen LogP contribution in [0.5, 0.6) is 0 Å². The summed E-state index contributed by atoms with van der Waals surface area (Å²) in [6.07, 6.45) is -3.90. The van der Waals surface area contributed by atoms with Gasteiger partial charge >= 0.3 is 18.1 Å². The van der Waals surface area contributed by atoms with Crippen LogP contribution in [0.1, 0.15) is 16.1 Å². The van der Waals surface area contributed by atoms with Gasteiger partial charge in [0.05, 0.1) is 24.1 Å². The topological polar surface area (TPSA) is 70.8 Å². The highest BCUT2D eigenvalue weighted by atomic mass is 19.4. The molecule has 0 bridgehead atoms. The molecule has 22 heavy (non-hydrogen) atoms. The molecule has 0 spiro atoms. The van der Waals surface area contributed by atoms with Gasteiger partial charge in [-0.25, -0.2) is 4.79 Å². The summed E-state index contributed by atoms with van der Waals surface area (Å²) in [6.45, 7) is -0.532. The molecule has 0 aliphatic heterocycles. The van der Waals surface area contributed by atoms with Crippen molar-refractivity contribution in [3.8, 4) is 0 Å². The van der Waals surface area contributed by atoms with Gasteiger partial charge < -0.3 is 9.52 Å². The summed E-state index contributed by atoms with van der Waals surface area (Å²) in [5.41, 5.74) is -0.764. The third-order valence-electron chi connectivity index (χ3n) is 2.81. The zero-order chi connectivity index (χ0) is 16.3. The first-order chi connectivity index (χ1) is 10.3. The third kappa shape index (κ3) is 3.27. The second-order valence-electron chi connectivity index (χ2n) is 4.29. The fourth-order valence-electron chi connectivity index (χ4n) is 1.87. The van der Waals surface area contributed by atoms with Crippen molar-refractivity contribution in [2.24, 2.45) is 0 Å². The van der Waals surface area contributed by atoms with Crippen molar-refractivity contribution in [3.05, 3.63) is 54.0 Å². The number of carbonyl (C=O) groups excluding carboxylic acids is 1. The van der Waals surface area contributed by atoms with Gasteiger partial charge in [-0.05, 0) is 24.3 Å². The number of aromatic carboxylic acids is 1. The van der Waals surface area contributed by atoms with E-state index in [2.05, 4.69) is 0 Å². The van der Waals surface area contributed by atoms with Crippen LogP contribution in [0.4, 0.5) is 18.9 Å². The Hall–Kier alpha value is -2.77. The zero-order valence-electron chi connectivity index (χ0n) is 11.0. The van der Waals surface area contributed by atoms with E-state index in [4.69, 9.17) is 9.52 Å². The Morgan fingerprint density at radius 3 is 2.36 bits per heavy atom. The normalized spacial score (nSPS) is 11.2. The second kappa shape index (κ2) is 5.92. The van der Waals surface area contributed by atoms with Crippen LogP contribution in [0.3, 0.4) is 0 Å². The molecule has 1 heterocycles. The molecule has 8 heteroatoms. The van der Waals surface area contributed by atoms with E-state index in [0.29, 0.717) is 4.90 Å². The van der Waals surface area contributed by atoms with Crippen LogP contribution in [0.25, 0.3) is 0 Å². The summed E-state index contributed by atoms with van der Waals surface area (Å²) in [6, 6.07) is 7.80. The summed E-state index contributed by atoms with van der Waals surface area (Å²) in [5.74, 6) is -3.51. The van der Waals surface area contributed by atoms with Gasteiger partial charge in [0, 0.05) is 0 Å². The largest absolute Gasteiger partial charge is 0.478 e. The quantitative estimate of drug-likeness (QED) is 0.941. The van der Waals surface area contributed by atoms with Crippen molar-refractivity contribution in [3.63, 3.8) is 0 Å². The molecule has 0 atom stereocenters. The lowest BCUT2D eigenvalue weighted by molar-refractivity contribution is -0.170. The highest BCUT2D eigenvalue weighted by Gasteiger charge is 2.44. The van der Waals surface area contributed by atoms with Crippen molar-refractivity contribution >= 4 is 17.6 Å². The van der Waals surface area contributed by atoms with E-state index in [1.807, 2.05) is 0 Å². The number of carboxylic acids is 1. The van der Waals surface area contributed by atoms with Crippen LogP contribution in [0, 0.1) is 0 Å². The molecule has 5 nitrogen and oxygen atoms in total. The lowest BCUT2D eigenvalue weighted by atomic mass is 10.1. The Bertz CT molecular complexity index is 680. The smallest absolute Gasteiger partial charge is 0.471 e. The minimum absolute atomic E-state index is 0.0952. The number of para-hydroxylation sites is 1. The van der Waals surface area contributed by atoms with E-state index in [1.165, 1.54) is 30.5 Å². The summed E-state index contributed by atoms with van der Waals surface area (Å²) in [5, 5.41) is 9.08. The van der Waals surface area contributed by atoms with Crippen LogP contribution in [-0.2, 0) is 11.3 Å². The summed E-state index contributed by atoms with van der Waals surface area (Å²) >= 11 is 0. The number of hydrogen-bond acceptors (Lipinski definition) is 3. The monoisotopic (exact) mass is 313 g/mol. The number of amides is 1. The molecule has 116 valence electrons. The number of carboxylic acid groups (broad SMARTS) is 1. The molecule has 1 amide bonds. The van der Waals surface area contributed by atoms with Crippen molar-refractivity contribution in [1.29, 1.82) is 0 Å². The molecular formula is C14H10F3NO4. The highest BCUT2D eigenvalue weighted by Crippen LogP contribution is 2.28. The fourth-order valence-corrected chi connectivity index (χ4v) is 1.87. The van der Waals surface area contributed by atoms with Gasteiger partial charge in [-0.3, -0.25) is 9.69 Å². The van der Waals surface area contributed by atoms with Crippen molar-refractivity contribution < 1.29 is 32.3 Å². The first kappa shape index (κ1) is 15.6. The van der Waals surface area contributed by atoms with Gasteiger partial charge in [0.25, 0.3) is 0 Å². The predicted molar refractivity (Wildman–Crippen MR) is 69.4 cm³/mol. The Morgan fingerprint density at radius 1 is 1.14 bits per heavy atom. The van der Waals surface area contributed by atoms with Crippen LogP contribution in [-0.4, -0.2) is 23.2 Å². The molecule has 1 aromatic carbocycles.